The maximum Gasteiger partial charge on any atom is 0.338 e. The highest BCUT2D eigenvalue weighted by atomic mass is 16.6. The lowest BCUT2D eigenvalue weighted by Gasteiger charge is -2.04. The third-order valence-electron chi connectivity index (χ3n) is 2.60. The fraction of sp³-hybridized carbons (Fsp3) is 0.273. The first-order chi connectivity index (χ1) is 9.04. The van der Waals surface area contributed by atoms with Crippen molar-refractivity contribution < 1.29 is 19.6 Å². The SMILES string of the molecule is Cn1ncc2c([N+](=O)[O-])cc(C(=O)OCCO)cc21. The van der Waals surface area contributed by atoms with Gasteiger partial charge in [-0.25, -0.2) is 4.79 Å². The van der Waals surface area contributed by atoms with Crippen LogP contribution in [0.2, 0.25) is 0 Å². The summed E-state index contributed by atoms with van der Waals surface area (Å²) in [6, 6.07) is 2.61. The van der Waals surface area contributed by atoms with Crippen molar-refractivity contribution in [2.75, 3.05) is 13.2 Å². The molecule has 8 heteroatoms. The molecule has 0 atom stereocenters. The molecule has 100 valence electrons. The highest BCUT2D eigenvalue weighted by Crippen LogP contribution is 2.27. The van der Waals surface area contributed by atoms with Gasteiger partial charge >= 0.3 is 5.97 Å². The summed E-state index contributed by atoms with van der Waals surface area (Å²) in [5.41, 5.74) is 0.308. The monoisotopic (exact) mass is 265 g/mol. The number of aryl methyl sites for hydroxylation is 1. The Balaban J connectivity index is 2.54. The number of non-ortho nitro benzene ring substituents is 1. The van der Waals surface area contributed by atoms with E-state index in [1.54, 1.807) is 7.05 Å². The van der Waals surface area contributed by atoms with Crippen LogP contribution in [0.15, 0.2) is 18.3 Å². The Morgan fingerprint density at radius 2 is 2.32 bits per heavy atom. The van der Waals surface area contributed by atoms with Crippen LogP contribution < -0.4 is 0 Å². The number of nitrogens with zero attached hydrogens (tertiary/aromatic N) is 3. The Kier molecular flexibility index (Phi) is 3.43. The zero-order valence-corrected chi connectivity index (χ0v) is 10.1. The molecule has 0 unspecified atom stereocenters. The summed E-state index contributed by atoms with van der Waals surface area (Å²) in [5, 5.41) is 23.9. The predicted octanol–water partition coefficient (Wildman–Crippen LogP) is 0.631. The van der Waals surface area contributed by atoms with Gasteiger partial charge in [-0.2, -0.15) is 5.10 Å². The zero-order chi connectivity index (χ0) is 14.0. The van der Waals surface area contributed by atoms with E-state index in [-0.39, 0.29) is 24.5 Å². The average Bonchev–Trinajstić information content (AvgIpc) is 2.76. The molecule has 1 aromatic heterocycles. The summed E-state index contributed by atoms with van der Waals surface area (Å²) < 4.78 is 6.17. The second-order valence-corrected chi connectivity index (χ2v) is 3.81. The standard InChI is InChI=1S/C11H11N3O5/c1-13-9-4-7(11(16)19-3-2-15)5-10(14(17)18)8(9)6-12-13/h4-6,15H,2-3H2,1H3. The van der Waals surface area contributed by atoms with Gasteiger partial charge < -0.3 is 9.84 Å². The molecule has 0 saturated carbocycles. The van der Waals surface area contributed by atoms with Gasteiger partial charge in [-0.05, 0) is 6.07 Å². The van der Waals surface area contributed by atoms with Gasteiger partial charge in [0, 0.05) is 13.1 Å². The largest absolute Gasteiger partial charge is 0.460 e. The number of hydrogen-bond donors (Lipinski definition) is 1. The molecule has 0 aliphatic carbocycles. The lowest BCUT2D eigenvalue weighted by molar-refractivity contribution is -0.383. The van der Waals surface area contributed by atoms with Crippen molar-refractivity contribution >= 4 is 22.6 Å². The first kappa shape index (κ1) is 13.0. The van der Waals surface area contributed by atoms with E-state index in [0.29, 0.717) is 10.9 Å². The molecule has 1 aromatic carbocycles. The van der Waals surface area contributed by atoms with Crippen molar-refractivity contribution in [3.05, 3.63) is 34.0 Å². The summed E-state index contributed by atoms with van der Waals surface area (Å²) in [4.78, 5) is 22.1. The third-order valence-corrected chi connectivity index (χ3v) is 2.60. The number of ether oxygens (including phenoxy) is 1. The number of aromatic nitrogens is 2. The van der Waals surface area contributed by atoms with Crippen LogP contribution in [-0.4, -0.2) is 39.0 Å². The van der Waals surface area contributed by atoms with E-state index in [2.05, 4.69) is 5.10 Å². The number of benzene rings is 1. The summed E-state index contributed by atoms with van der Waals surface area (Å²) in [6.07, 6.45) is 1.37. The van der Waals surface area contributed by atoms with Gasteiger partial charge in [0.2, 0.25) is 0 Å². The van der Waals surface area contributed by atoms with E-state index >= 15 is 0 Å². The van der Waals surface area contributed by atoms with Gasteiger partial charge in [-0.15, -0.1) is 0 Å². The molecule has 0 radical (unpaired) electrons. The smallest absolute Gasteiger partial charge is 0.338 e. The number of carbonyl (C=O) groups excluding carboxylic acids is 1. The van der Waals surface area contributed by atoms with Crippen LogP contribution in [0.4, 0.5) is 5.69 Å². The minimum absolute atomic E-state index is 0.0521. The van der Waals surface area contributed by atoms with Crippen LogP contribution in [0.1, 0.15) is 10.4 Å². The highest BCUT2D eigenvalue weighted by molar-refractivity contribution is 5.98. The first-order valence-electron chi connectivity index (χ1n) is 5.42. The van der Waals surface area contributed by atoms with Crippen molar-refractivity contribution in [1.82, 2.24) is 9.78 Å². The summed E-state index contributed by atoms with van der Waals surface area (Å²) in [5.74, 6) is -0.722. The average molecular weight is 265 g/mol. The van der Waals surface area contributed by atoms with Crippen LogP contribution >= 0.6 is 0 Å². The minimum Gasteiger partial charge on any atom is -0.460 e. The first-order valence-corrected chi connectivity index (χ1v) is 5.42. The van der Waals surface area contributed by atoms with Gasteiger partial charge in [0.25, 0.3) is 5.69 Å². The molecule has 0 fully saturated rings. The highest BCUT2D eigenvalue weighted by Gasteiger charge is 2.20. The van der Waals surface area contributed by atoms with Gasteiger partial charge in [0.1, 0.15) is 6.61 Å². The van der Waals surface area contributed by atoms with Crippen LogP contribution in [0, 0.1) is 10.1 Å². The molecule has 0 aliphatic heterocycles. The Morgan fingerprint density at radius 1 is 1.58 bits per heavy atom. The number of aliphatic hydroxyl groups excluding tert-OH is 1. The Morgan fingerprint density at radius 3 is 2.95 bits per heavy atom. The van der Waals surface area contributed by atoms with E-state index in [9.17, 15) is 14.9 Å². The fourth-order valence-corrected chi connectivity index (χ4v) is 1.72. The zero-order valence-electron chi connectivity index (χ0n) is 10.1. The molecule has 0 amide bonds. The maximum absolute atomic E-state index is 11.7. The van der Waals surface area contributed by atoms with Crippen LogP contribution in [0.25, 0.3) is 10.9 Å². The molecule has 0 bridgehead atoms. The van der Waals surface area contributed by atoms with Crippen LogP contribution in [-0.2, 0) is 11.8 Å². The van der Waals surface area contributed by atoms with E-state index in [0.717, 1.165) is 6.07 Å². The number of nitro benzene ring substituents is 1. The van der Waals surface area contributed by atoms with Crippen molar-refractivity contribution in [3.8, 4) is 0 Å². The fourth-order valence-electron chi connectivity index (χ4n) is 1.72. The number of nitro groups is 1. The third kappa shape index (κ3) is 2.38. The predicted molar refractivity (Wildman–Crippen MR) is 64.7 cm³/mol. The lowest BCUT2D eigenvalue weighted by Crippen LogP contribution is -2.09. The van der Waals surface area contributed by atoms with Gasteiger partial charge in [-0.1, -0.05) is 0 Å². The summed E-state index contributed by atoms with van der Waals surface area (Å²) >= 11 is 0. The van der Waals surface area contributed by atoms with Crippen molar-refractivity contribution in [3.63, 3.8) is 0 Å². The topological polar surface area (TPSA) is 107 Å². The number of fused-ring (bicyclic) bond motifs is 1. The second kappa shape index (κ2) is 5.02. The van der Waals surface area contributed by atoms with E-state index in [4.69, 9.17) is 9.84 Å². The molecule has 1 heterocycles. The van der Waals surface area contributed by atoms with Gasteiger partial charge in [0.15, 0.2) is 0 Å². The van der Waals surface area contributed by atoms with E-state index in [1.165, 1.54) is 16.9 Å². The molecule has 8 nitrogen and oxygen atoms in total. The number of hydrogen-bond acceptors (Lipinski definition) is 6. The second-order valence-electron chi connectivity index (χ2n) is 3.81. The molecule has 2 rings (SSSR count). The van der Waals surface area contributed by atoms with Gasteiger partial charge in [0.05, 0.1) is 34.2 Å². The Bertz CT molecular complexity index is 649. The van der Waals surface area contributed by atoms with Crippen LogP contribution in [0.5, 0.6) is 0 Å². The molecule has 0 saturated heterocycles. The molecule has 19 heavy (non-hydrogen) atoms. The number of rotatable bonds is 4. The summed E-state index contributed by atoms with van der Waals surface area (Å²) in [6.45, 7) is -0.460. The number of esters is 1. The van der Waals surface area contributed by atoms with Gasteiger partial charge in [-0.3, -0.25) is 14.8 Å². The minimum atomic E-state index is -0.722. The molecule has 0 aliphatic rings. The number of aliphatic hydroxyl groups is 1. The normalized spacial score (nSPS) is 10.6. The molecule has 0 spiro atoms. The van der Waals surface area contributed by atoms with Crippen molar-refractivity contribution in [2.45, 2.75) is 0 Å². The van der Waals surface area contributed by atoms with Crippen molar-refractivity contribution in [2.24, 2.45) is 7.05 Å². The van der Waals surface area contributed by atoms with E-state index < -0.39 is 10.9 Å². The Labute approximate surface area is 107 Å². The Hall–Kier alpha value is -2.48. The molecular formula is C11H11N3O5. The number of carbonyl (C=O) groups is 1. The quantitative estimate of drug-likeness (QED) is 0.493. The van der Waals surface area contributed by atoms with E-state index in [1.807, 2.05) is 0 Å². The van der Waals surface area contributed by atoms with Crippen LogP contribution in [0.3, 0.4) is 0 Å². The molecular weight excluding hydrogens is 254 g/mol. The lowest BCUT2D eigenvalue weighted by atomic mass is 10.1. The maximum atomic E-state index is 11.7. The molecule has 2 aromatic rings. The summed E-state index contributed by atoms with van der Waals surface area (Å²) in [7, 11) is 1.62. The molecule has 1 N–H and O–H groups in total. The van der Waals surface area contributed by atoms with Crippen molar-refractivity contribution in [1.29, 1.82) is 0 Å².